The topological polar surface area (TPSA) is 88.8 Å². The predicted molar refractivity (Wildman–Crippen MR) is 114 cm³/mol. The lowest BCUT2D eigenvalue weighted by atomic mass is 9.93. The molecular weight excluding hydrogens is 396 g/mol. The van der Waals surface area contributed by atoms with Crippen LogP contribution in [0.15, 0.2) is 28.8 Å². The zero-order valence-corrected chi connectivity index (χ0v) is 18.2. The number of hydrogen-bond acceptors (Lipinski definition) is 7. The first kappa shape index (κ1) is 21.5. The zero-order valence-electron chi connectivity index (χ0n) is 18.2. The minimum absolute atomic E-state index is 0.0254. The highest BCUT2D eigenvalue weighted by molar-refractivity contribution is 5.80. The van der Waals surface area contributed by atoms with E-state index in [0.717, 1.165) is 30.5 Å². The Morgan fingerprint density at radius 2 is 1.97 bits per heavy atom. The van der Waals surface area contributed by atoms with Crippen molar-refractivity contribution >= 4 is 11.9 Å². The van der Waals surface area contributed by atoms with E-state index in [4.69, 9.17) is 9.26 Å². The van der Waals surface area contributed by atoms with E-state index >= 15 is 0 Å². The Morgan fingerprint density at radius 3 is 2.71 bits per heavy atom. The number of nitrogens with zero attached hydrogens (tertiary/aromatic N) is 4. The maximum absolute atomic E-state index is 13.0. The third-order valence-electron chi connectivity index (χ3n) is 6.30. The van der Waals surface area contributed by atoms with Gasteiger partial charge < -0.3 is 14.2 Å². The van der Waals surface area contributed by atoms with Crippen molar-refractivity contribution in [2.75, 3.05) is 33.3 Å². The molecular formula is C23H30N4O4. The molecule has 2 fully saturated rings. The van der Waals surface area contributed by atoms with Gasteiger partial charge >= 0.3 is 5.97 Å². The molecule has 1 atom stereocenters. The molecule has 166 valence electrons. The lowest BCUT2D eigenvalue weighted by molar-refractivity contribution is -0.150. The van der Waals surface area contributed by atoms with Gasteiger partial charge in [-0.2, -0.15) is 4.98 Å². The summed E-state index contributed by atoms with van der Waals surface area (Å²) in [6.07, 6.45) is 3.22. The van der Waals surface area contributed by atoms with Crippen LogP contribution < -0.4 is 0 Å². The van der Waals surface area contributed by atoms with Gasteiger partial charge in [0.25, 0.3) is 0 Å². The normalized spacial score (nSPS) is 20.6. The number of carbonyl (C=O) groups excluding carboxylic acids is 2. The molecule has 0 saturated carbocycles. The first-order chi connectivity index (χ1) is 15.0. The summed E-state index contributed by atoms with van der Waals surface area (Å²) in [6.45, 7) is 5.44. The summed E-state index contributed by atoms with van der Waals surface area (Å²) in [5.74, 6) is 1.08. The third kappa shape index (κ3) is 5.12. The minimum atomic E-state index is -0.166. The number of benzene rings is 1. The average Bonchev–Trinajstić information content (AvgIpc) is 3.27. The fourth-order valence-corrected chi connectivity index (χ4v) is 4.57. The molecule has 2 aromatic rings. The number of hydrogen-bond donors (Lipinski definition) is 0. The summed E-state index contributed by atoms with van der Waals surface area (Å²) < 4.78 is 10.3. The first-order valence-corrected chi connectivity index (χ1v) is 11.0. The fourth-order valence-electron chi connectivity index (χ4n) is 4.57. The molecule has 0 radical (unpaired) electrons. The van der Waals surface area contributed by atoms with E-state index < -0.39 is 0 Å². The average molecular weight is 427 g/mol. The molecule has 2 saturated heterocycles. The Kier molecular flexibility index (Phi) is 6.65. The molecule has 1 amide bonds. The van der Waals surface area contributed by atoms with Crippen molar-refractivity contribution in [1.82, 2.24) is 19.9 Å². The predicted octanol–water partition coefficient (Wildman–Crippen LogP) is 2.67. The van der Waals surface area contributed by atoms with E-state index in [0.29, 0.717) is 50.7 Å². The molecule has 3 heterocycles. The summed E-state index contributed by atoms with van der Waals surface area (Å²) >= 11 is 0. The molecule has 2 aliphatic rings. The second kappa shape index (κ2) is 9.60. The van der Waals surface area contributed by atoms with Gasteiger partial charge in [0.1, 0.15) is 0 Å². The Labute approximate surface area is 182 Å². The van der Waals surface area contributed by atoms with Gasteiger partial charge in [0.2, 0.25) is 17.6 Å². The Balaban J connectivity index is 1.32. The van der Waals surface area contributed by atoms with Gasteiger partial charge in [-0.15, -0.1) is 0 Å². The summed E-state index contributed by atoms with van der Waals surface area (Å²) in [5.41, 5.74) is 2.09. The van der Waals surface area contributed by atoms with Crippen LogP contribution in [0.25, 0.3) is 11.4 Å². The summed E-state index contributed by atoms with van der Waals surface area (Å²) in [5, 5.41) is 4.12. The van der Waals surface area contributed by atoms with Gasteiger partial charge in [0.15, 0.2) is 0 Å². The lowest BCUT2D eigenvalue weighted by Gasteiger charge is -2.37. The number of likely N-dealkylation sites (tertiary alicyclic amines) is 2. The standard InChI is InChI=1S/C23H30N4O4/c1-16-5-3-6-18(13-16)21-24-20(31-25-21)15-26-10-4-7-19(14-26)22(28)27-11-8-17(9-12-27)23(29)30-2/h3,5-6,13,17,19H,4,7-12,14-15H2,1-2H3. The Hall–Kier alpha value is -2.74. The van der Waals surface area contributed by atoms with Gasteiger partial charge in [-0.3, -0.25) is 14.5 Å². The minimum Gasteiger partial charge on any atom is -0.469 e. The van der Waals surface area contributed by atoms with Crippen molar-refractivity contribution in [3.8, 4) is 11.4 Å². The van der Waals surface area contributed by atoms with Crippen molar-refractivity contribution < 1.29 is 18.8 Å². The van der Waals surface area contributed by atoms with E-state index in [1.165, 1.54) is 7.11 Å². The molecule has 1 aromatic carbocycles. The number of piperidine rings is 2. The van der Waals surface area contributed by atoms with Crippen LogP contribution in [0.5, 0.6) is 0 Å². The first-order valence-electron chi connectivity index (χ1n) is 11.0. The van der Waals surface area contributed by atoms with Gasteiger partial charge in [-0.05, 0) is 45.2 Å². The number of aromatic nitrogens is 2. The van der Waals surface area contributed by atoms with Crippen LogP contribution >= 0.6 is 0 Å². The van der Waals surface area contributed by atoms with Gasteiger partial charge in [-0.1, -0.05) is 28.9 Å². The fraction of sp³-hybridized carbons (Fsp3) is 0.565. The molecule has 1 unspecified atom stereocenters. The number of aryl methyl sites for hydroxylation is 1. The summed E-state index contributed by atoms with van der Waals surface area (Å²) in [6, 6.07) is 8.02. The molecule has 8 nitrogen and oxygen atoms in total. The van der Waals surface area contributed by atoms with E-state index in [1.54, 1.807) is 0 Å². The number of carbonyl (C=O) groups is 2. The molecule has 0 aliphatic carbocycles. The van der Waals surface area contributed by atoms with E-state index in [2.05, 4.69) is 15.0 Å². The number of amides is 1. The second-order valence-corrected chi connectivity index (χ2v) is 8.58. The highest BCUT2D eigenvalue weighted by Gasteiger charge is 2.33. The molecule has 2 aliphatic heterocycles. The van der Waals surface area contributed by atoms with Crippen molar-refractivity contribution in [2.24, 2.45) is 11.8 Å². The highest BCUT2D eigenvalue weighted by atomic mass is 16.5. The van der Waals surface area contributed by atoms with Crippen LogP contribution in [0.3, 0.4) is 0 Å². The van der Waals surface area contributed by atoms with Crippen LogP contribution in [0.2, 0.25) is 0 Å². The smallest absolute Gasteiger partial charge is 0.308 e. The molecule has 0 N–H and O–H groups in total. The maximum atomic E-state index is 13.0. The maximum Gasteiger partial charge on any atom is 0.308 e. The monoisotopic (exact) mass is 426 g/mol. The van der Waals surface area contributed by atoms with E-state index in [1.807, 2.05) is 36.1 Å². The van der Waals surface area contributed by atoms with E-state index in [9.17, 15) is 9.59 Å². The third-order valence-corrected chi connectivity index (χ3v) is 6.30. The largest absolute Gasteiger partial charge is 0.469 e. The quantitative estimate of drug-likeness (QED) is 0.679. The van der Waals surface area contributed by atoms with Gasteiger partial charge in [-0.25, -0.2) is 0 Å². The van der Waals surface area contributed by atoms with Crippen LogP contribution in [0, 0.1) is 18.8 Å². The molecule has 1 aromatic heterocycles. The van der Waals surface area contributed by atoms with Gasteiger partial charge in [0, 0.05) is 25.2 Å². The SMILES string of the molecule is COC(=O)C1CCN(C(=O)C2CCCN(Cc3nc(-c4cccc(C)c4)no3)C2)CC1. The Morgan fingerprint density at radius 1 is 1.16 bits per heavy atom. The number of methoxy groups -OCH3 is 1. The molecule has 31 heavy (non-hydrogen) atoms. The van der Waals surface area contributed by atoms with Crippen molar-refractivity contribution in [3.05, 3.63) is 35.7 Å². The van der Waals surface area contributed by atoms with Gasteiger partial charge in [0.05, 0.1) is 25.5 Å². The zero-order chi connectivity index (χ0) is 21.8. The van der Waals surface area contributed by atoms with Crippen LogP contribution in [0.1, 0.15) is 37.1 Å². The molecule has 0 bridgehead atoms. The highest BCUT2D eigenvalue weighted by Crippen LogP contribution is 2.25. The van der Waals surface area contributed by atoms with Crippen molar-refractivity contribution in [3.63, 3.8) is 0 Å². The van der Waals surface area contributed by atoms with E-state index in [-0.39, 0.29) is 23.7 Å². The molecule has 0 spiro atoms. The Bertz CT molecular complexity index is 920. The number of rotatable bonds is 5. The summed E-state index contributed by atoms with van der Waals surface area (Å²) in [4.78, 5) is 33.5. The second-order valence-electron chi connectivity index (χ2n) is 8.58. The molecule has 8 heteroatoms. The number of esters is 1. The lowest BCUT2D eigenvalue weighted by Crippen LogP contribution is -2.47. The van der Waals surface area contributed by atoms with Crippen molar-refractivity contribution in [2.45, 2.75) is 39.2 Å². The molecule has 4 rings (SSSR count). The van der Waals surface area contributed by atoms with Crippen LogP contribution in [-0.2, 0) is 20.9 Å². The van der Waals surface area contributed by atoms with Crippen LogP contribution in [-0.4, -0.2) is 65.1 Å². The van der Waals surface area contributed by atoms with Crippen molar-refractivity contribution in [1.29, 1.82) is 0 Å². The number of ether oxygens (including phenoxy) is 1. The van der Waals surface area contributed by atoms with Crippen LogP contribution in [0.4, 0.5) is 0 Å². The summed E-state index contributed by atoms with van der Waals surface area (Å²) in [7, 11) is 1.42.